The second-order valence-electron chi connectivity index (χ2n) is 5.67. The average molecular weight is 210 g/mol. The number of piperidine rings is 1. The van der Waals surface area contributed by atoms with E-state index in [1.54, 1.807) is 0 Å². The Morgan fingerprint density at radius 2 is 2.13 bits per heavy atom. The van der Waals surface area contributed by atoms with E-state index in [9.17, 15) is 0 Å². The van der Waals surface area contributed by atoms with Crippen LogP contribution in [0, 0.1) is 11.8 Å². The van der Waals surface area contributed by atoms with Gasteiger partial charge in [0.1, 0.15) is 0 Å². The molecule has 1 N–H and O–H groups in total. The number of hydrogen-bond donors (Lipinski definition) is 1. The van der Waals surface area contributed by atoms with Crippen molar-refractivity contribution >= 4 is 0 Å². The van der Waals surface area contributed by atoms with Crippen LogP contribution >= 0.6 is 0 Å². The number of hydrogen-bond acceptors (Lipinski definition) is 2. The third-order valence-electron chi connectivity index (χ3n) is 4.23. The highest BCUT2D eigenvalue weighted by molar-refractivity contribution is 4.81. The molecule has 1 saturated carbocycles. The van der Waals surface area contributed by atoms with Crippen molar-refractivity contribution in [3.63, 3.8) is 0 Å². The van der Waals surface area contributed by atoms with Crippen molar-refractivity contribution in [2.24, 2.45) is 11.8 Å². The van der Waals surface area contributed by atoms with Crippen molar-refractivity contribution in [2.75, 3.05) is 26.7 Å². The van der Waals surface area contributed by atoms with Crippen molar-refractivity contribution in [1.82, 2.24) is 10.2 Å². The van der Waals surface area contributed by atoms with Crippen molar-refractivity contribution in [3.05, 3.63) is 0 Å². The van der Waals surface area contributed by atoms with Gasteiger partial charge in [-0.1, -0.05) is 13.3 Å². The molecule has 1 aliphatic carbocycles. The van der Waals surface area contributed by atoms with Crippen LogP contribution in [0.1, 0.15) is 39.0 Å². The fraction of sp³-hybridized carbons (Fsp3) is 1.00. The molecule has 0 amide bonds. The Balaban J connectivity index is 1.74. The Kier molecular flexibility index (Phi) is 4.04. The molecule has 1 saturated heterocycles. The summed E-state index contributed by atoms with van der Waals surface area (Å²) in [6.07, 6.45) is 7.17. The Bertz CT molecular complexity index is 193. The van der Waals surface area contributed by atoms with Crippen molar-refractivity contribution in [2.45, 2.75) is 45.1 Å². The smallest absolute Gasteiger partial charge is 0.0192 e. The van der Waals surface area contributed by atoms with Gasteiger partial charge in [0, 0.05) is 19.1 Å². The highest BCUT2D eigenvalue weighted by Gasteiger charge is 2.25. The van der Waals surface area contributed by atoms with Crippen LogP contribution in [-0.2, 0) is 0 Å². The molecule has 0 spiro atoms. The van der Waals surface area contributed by atoms with Crippen molar-refractivity contribution < 1.29 is 0 Å². The molecule has 2 fully saturated rings. The van der Waals surface area contributed by atoms with Gasteiger partial charge in [0.15, 0.2) is 0 Å². The van der Waals surface area contributed by atoms with Gasteiger partial charge in [-0.3, -0.25) is 0 Å². The van der Waals surface area contributed by atoms with Crippen LogP contribution < -0.4 is 5.32 Å². The first-order valence-corrected chi connectivity index (χ1v) is 6.67. The van der Waals surface area contributed by atoms with Crippen LogP contribution in [0.25, 0.3) is 0 Å². The maximum absolute atomic E-state index is 3.43. The minimum atomic E-state index is 0.748. The van der Waals surface area contributed by atoms with Gasteiger partial charge in [0.05, 0.1) is 0 Å². The minimum absolute atomic E-state index is 0.748. The number of likely N-dealkylation sites (N-methyl/N-ethyl adjacent to an activating group) is 1. The van der Waals surface area contributed by atoms with Crippen LogP contribution in [0.2, 0.25) is 0 Å². The average Bonchev–Trinajstić information content (AvgIpc) is 2.64. The van der Waals surface area contributed by atoms with Crippen LogP contribution in [0.4, 0.5) is 0 Å². The minimum Gasteiger partial charge on any atom is -0.316 e. The molecule has 2 rings (SSSR count). The lowest BCUT2D eigenvalue weighted by Crippen LogP contribution is -2.45. The number of likely N-dealkylation sites (tertiary alicyclic amines) is 1. The molecular weight excluding hydrogens is 184 g/mol. The summed E-state index contributed by atoms with van der Waals surface area (Å²) in [4.78, 5) is 2.69. The normalized spacial score (nSPS) is 38.4. The van der Waals surface area contributed by atoms with E-state index in [0.717, 1.165) is 17.9 Å². The molecule has 0 bridgehead atoms. The number of nitrogens with one attached hydrogen (secondary N) is 1. The van der Waals surface area contributed by atoms with E-state index < -0.39 is 0 Å². The van der Waals surface area contributed by atoms with Gasteiger partial charge < -0.3 is 10.2 Å². The summed E-state index contributed by atoms with van der Waals surface area (Å²) >= 11 is 0. The second-order valence-corrected chi connectivity index (χ2v) is 5.67. The molecular formula is C13H26N2. The SMILES string of the molecule is CNC1CCCN(CC2CCC(C)C2)C1. The van der Waals surface area contributed by atoms with E-state index in [-0.39, 0.29) is 0 Å². The third-order valence-corrected chi connectivity index (χ3v) is 4.23. The first kappa shape index (κ1) is 11.4. The molecule has 1 aliphatic heterocycles. The predicted molar refractivity (Wildman–Crippen MR) is 65.0 cm³/mol. The summed E-state index contributed by atoms with van der Waals surface area (Å²) in [5.74, 6) is 1.98. The second kappa shape index (κ2) is 5.31. The van der Waals surface area contributed by atoms with Crippen LogP contribution in [0.5, 0.6) is 0 Å². The van der Waals surface area contributed by atoms with Crippen molar-refractivity contribution in [1.29, 1.82) is 0 Å². The Hall–Kier alpha value is -0.0800. The standard InChI is InChI=1S/C13H26N2/c1-11-5-6-12(8-11)9-15-7-3-4-13(10-15)14-2/h11-14H,3-10H2,1-2H3. The lowest BCUT2D eigenvalue weighted by molar-refractivity contribution is 0.169. The summed E-state index contributed by atoms with van der Waals surface area (Å²) in [7, 11) is 2.10. The summed E-state index contributed by atoms with van der Waals surface area (Å²) in [6.45, 7) is 6.39. The molecule has 2 nitrogen and oxygen atoms in total. The van der Waals surface area contributed by atoms with Gasteiger partial charge in [-0.2, -0.15) is 0 Å². The molecule has 0 radical (unpaired) electrons. The lowest BCUT2D eigenvalue weighted by atomic mass is 10.0. The maximum Gasteiger partial charge on any atom is 0.0192 e. The summed E-state index contributed by atoms with van der Waals surface area (Å²) in [5.41, 5.74) is 0. The quantitative estimate of drug-likeness (QED) is 0.767. The predicted octanol–water partition coefficient (Wildman–Crippen LogP) is 2.11. The molecule has 0 aromatic rings. The van der Waals surface area contributed by atoms with E-state index >= 15 is 0 Å². The fourth-order valence-corrected chi connectivity index (χ4v) is 3.31. The van der Waals surface area contributed by atoms with E-state index in [2.05, 4.69) is 24.2 Å². The molecule has 2 heteroatoms. The monoisotopic (exact) mass is 210 g/mol. The molecule has 2 aliphatic rings. The molecule has 3 atom stereocenters. The molecule has 88 valence electrons. The lowest BCUT2D eigenvalue weighted by Gasteiger charge is -2.34. The zero-order chi connectivity index (χ0) is 10.7. The van der Waals surface area contributed by atoms with Gasteiger partial charge >= 0.3 is 0 Å². The summed E-state index contributed by atoms with van der Waals surface area (Å²) in [6, 6.07) is 0.748. The first-order chi connectivity index (χ1) is 7.28. The maximum atomic E-state index is 3.43. The third kappa shape index (κ3) is 3.18. The van der Waals surface area contributed by atoms with E-state index in [4.69, 9.17) is 0 Å². The molecule has 3 unspecified atom stereocenters. The fourth-order valence-electron chi connectivity index (χ4n) is 3.31. The van der Waals surface area contributed by atoms with E-state index in [1.165, 1.54) is 51.7 Å². The van der Waals surface area contributed by atoms with Gasteiger partial charge in [0.25, 0.3) is 0 Å². The Morgan fingerprint density at radius 1 is 1.27 bits per heavy atom. The highest BCUT2D eigenvalue weighted by atomic mass is 15.2. The largest absolute Gasteiger partial charge is 0.316 e. The summed E-state index contributed by atoms with van der Waals surface area (Å²) < 4.78 is 0. The van der Waals surface area contributed by atoms with E-state index in [0.29, 0.717) is 0 Å². The van der Waals surface area contributed by atoms with Gasteiger partial charge in [-0.15, -0.1) is 0 Å². The van der Waals surface area contributed by atoms with Crippen molar-refractivity contribution in [3.8, 4) is 0 Å². The zero-order valence-corrected chi connectivity index (χ0v) is 10.3. The Morgan fingerprint density at radius 3 is 2.80 bits per heavy atom. The van der Waals surface area contributed by atoms with E-state index in [1.807, 2.05) is 0 Å². The van der Waals surface area contributed by atoms with Gasteiger partial charge in [0.2, 0.25) is 0 Å². The molecule has 0 aromatic heterocycles. The zero-order valence-electron chi connectivity index (χ0n) is 10.3. The number of rotatable bonds is 3. The van der Waals surface area contributed by atoms with Crippen LogP contribution in [0.3, 0.4) is 0 Å². The highest BCUT2D eigenvalue weighted by Crippen LogP contribution is 2.31. The Labute approximate surface area is 94.4 Å². The van der Waals surface area contributed by atoms with Crippen LogP contribution in [-0.4, -0.2) is 37.6 Å². The van der Waals surface area contributed by atoms with Gasteiger partial charge in [-0.05, 0) is 51.1 Å². The first-order valence-electron chi connectivity index (χ1n) is 6.67. The number of nitrogens with zero attached hydrogens (tertiary/aromatic N) is 1. The topological polar surface area (TPSA) is 15.3 Å². The molecule has 15 heavy (non-hydrogen) atoms. The van der Waals surface area contributed by atoms with Crippen LogP contribution in [0.15, 0.2) is 0 Å². The molecule has 1 heterocycles. The molecule has 0 aromatic carbocycles. The summed E-state index contributed by atoms with van der Waals surface area (Å²) in [5, 5.41) is 3.43. The van der Waals surface area contributed by atoms with Gasteiger partial charge in [-0.25, -0.2) is 0 Å².